The van der Waals surface area contributed by atoms with E-state index in [1.807, 2.05) is 0 Å². The number of likely N-dealkylation sites (tertiary alicyclic amines) is 2. The van der Waals surface area contributed by atoms with Crippen molar-refractivity contribution >= 4 is 0 Å². The molecule has 0 aromatic heterocycles. The molecule has 1 atom stereocenters. The third-order valence-corrected chi connectivity index (χ3v) is 7.73. The Morgan fingerprint density at radius 1 is 0.750 bits per heavy atom. The molecule has 0 amide bonds. The lowest BCUT2D eigenvalue weighted by atomic mass is 9.74. The summed E-state index contributed by atoms with van der Waals surface area (Å²) in [5.41, 5.74) is 14.7. The van der Waals surface area contributed by atoms with Crippen molar-refractivity contribution in [2.24, 2.45) is 11.5 Å². The molecule has 28 heavy (non-hydrogen) atoms. The lowest BCUT2D eigenvalue weighted by molar-refractivity contribution is -0.174. The topological polar surface area (TPSA) is 58.5 Å². The molecule has 2 fully saturated rings. The van der Waals surface area contributed by atoms with Gasteiger partial charge in [0.05, 0.1) is 6.04 Å². The summed E-state index contributed by atoms with van der Waals surface area (Å²) in [7, 11) is 0. The van der Waals surface area contributed by atoms with Crippen molar-refractivity contribution in [2.45, 2.75) is 154 Å². The predicted molar refractivity (Wildman–Crippen MR) is 122 cm³/mol. The SMILES string of the molecule is CCCCC(N1C(C)(C)CCCC1(C)C)C(N)(N)N1C(C)(C)CCCC1(C)C. The standard InChI is InChI=1S/C24H50N4/c1-10-11-14-19(27-20(2,3)15-12-16-21(27,4)5)24(25,26)28-22(6,7)17-13-18-23(28,8)9/h19H,10-18,25-26H2,1-9H3. The fourth-order valence-corrected chi connectivity index (χ4v) is 7.02. The molecule has 0 radical (unpaired) electrons. The zero-order chi connectivity index (χ0) is 21.6. The number of piperidine rings is 2. The molecular formula is C24H50N4. The zero-order valence-corrected chi connectivity index (χ0v) is 20.5. The molecule has 0 saturated carbocycles. The number of hydrogen-bond acceptors (Lipinski definition) is 4. The number of unbranched alkanes of at least 4 members (excludes halogenated alkanes) is 1. The second kappa shape index (κ2) is 7.83. The van der Waals surface area contributed by atoms with Gasteiger partial charge < -0.3 is 0 Å². The Balaban J connectivity index is 2.56. The van der Waals surface area contributed by atoms with E-state index in [4.69, 9.17) is 11.5 Å². The van der Waals surface area contributed by atoms with Gasteiger partial charge in [-0.15, -0.1) is 0 Å². The molecule has 2 rings (SSSR count). The van der Waals surface area contributed by atoms with E-state index < -0.39 is 5.79 Å². The minimum Gasteiger partial charge on any atom is -0.300 e. The van der Waals surface area contributed by atoms with E-state index in [1.54, 1.807) is 0 Å². The second-order valence-corrected chi connectivity index (χ2v) is 12.2. The molecule has 166 valence electrons. The highest BCUT2D eigenvalue weighted by Gasteiger charge is 2.57. The number of nitrogens with zero attached hydrogens (tertiary/aromatic N) is 2. The van der Waals surface area contributed by atoms with Crippen LogP contribution in [0, 0.1) is 0 Å². The first-order valence-electron chi connectivity index (χ1n) is 11.8. The van der Waals surface area contributed by atoms with E-state index in [1.165, 1.54) is 32.1 Å². The normalized spacial score (nSPS) is 28.8. The van der Waals surface area contributed by atoms with E-state index in [2.05, 4.69) is 72.1 Å². The van der Waals surface area contributed by atoms with Crippen molar-refractivity contribution in [3.8, 4) is 0 Å². The van der Waals surface area contributed by atoms with Crippen molar-refractivity contribution in [3.05, 3.63) is 0 Å². The van der Waals surface area contributed by atoms with E-state index in [0.717, 1.165) is 25.7 Å². The third-order valence-electron chi connectivity index (χ3n) is 7.73. The Kier molecular flexibility index (Phi) is 6.74. The maximum absolute atomic E-state index is 7.26. The van der Waals surface area contributed by atoms with Gasteiger partial charge in [0.15, 0.2) is 0 Å². The summed E-state index contributed by atoms with van der Waals surface area (Å²) in [5, 5.41) is 0. The molecule has 0 spiro atoms. The molecule has 0 aromatic rings. The summed E-state index contributed by atoms with van der Waals surface area (Å²) in [6.07, 6.45) is 10.6. The van der Waals surface area contributed by atoms with Crippen molar-refractivity contribution in [3.63, 3.8) is 0 Å². The Morgan fingerprint density at radius 3 is 1.54 bits per heavy atom. The van der Waals surface area contributed by atoms with Gasteiger partial charge >= 0.3 is 0 Å². The quantitative estimate of drug-likeness (QED) is 0.608. The Labute approximate surface area is 175 Å². The summed E-state index contributed by atoms with van der Waals surface area (Å²) in [6, 6.07) is 0.134. The van der Waals surface area contributed by atoms with Crippen LogP contribution in [-0.4, -0.2) is 43.8 Å². The van der Waals surface area contributed by atoms with Crippen LogP contribution in [0.5, 0.6) is 0 Å². The van der Waals surface area contributed by atoms with Crippen molar-refractivity contribution < 1.29 is 0 Å². The van der Waals surface area contributed by atoms with E-state index >= 15 is 0 Å². The van der Waals surface area contributed by atoms with Crippen molar-refractivity contribution in [2.75, 3.05) is 0 Å². The average molecular weight is 395 g/mol. The molecule has 1 unspecified atom stereocenters. The molecule has 2 aliphatic rings. The molecule has 2 heterocycles. The first-order chi connectivity index (χ1) is 12.6. The second-order valence-electron chi connectivity index (χ2n) is 12.2. The van der Waals surface area contributed by atoms with E-state index in [-0.39, 0.29) is 28.2 Å². The van der Waals surface area contributed by atoms with Gasteiger partial charge in [0.1, 0.15) is 5.79 Å². The maximum Gasteiger partial charge on any atom is 0.137 e. The lowest BCUT2D eigenvalue weighted by Gasteiger charge is -2.65. The first-order valence-corrected chi connectivity index (χ1v) is 11.8. The maximum atomic E-state index is 7.26. The smallest absolute Gasteiger partial charge is 0.137 e. The van der Waals surface area contributed by atoms with E-state index in [9.17, 15) is 0 Å². The van der Waals surface area contributed by atoms with Gasteiger partial charge in [0.2, 0.25) is 0 Å². The highest BCUT2D eigenvalue weighted by molar-refractivity contribution is 5.11. The van der Waals surface area contributed by atoms with Crippen molar-refractivity contribution in [1.82, 2.24) is 9.80 Å². The van der Waals surface area contributed by atoms with Gasteiger partial charge in [-0.2, -0.15) is 0 Å². The monoisotopic (exact) mass is 394 g/mol. The summed E-state index contributed by atoms with van der Waals surface area (Å²) in [6.45, 7) is 21.2. The molecule has 4 heteroatoms. The van der Waals surface area contributed by atoms with Crippen LogP contribution >= 0.6 is 0 Å². The van der Waals surface area contributed by atoms with Gasteiger partial charge in [0.25, 0.3) is 0 Å². The molecule has 2 saturated heterocycles. The fourth-order valence-electron chi connectivity index (χ4n) is 7.02. The van der Waals surface area contributed by atoms with E-state index in [0.29, 0.717) is 0 Å². The summed E-state index contributed by atoms with van der Waals surface area (Å²) < 4.78 is 0. The highest BCUT2D eigenvalue weighted by atomic mass is 15.5. The van der Waals surface area contributed by atoms with Crippen LogP contribution in [0.3, 0.4) is 0 Å². The number of nitrogens with two attached hydrogens (primary N) is 2. The third kappa shape index (κ3) is 4.45. The van der Waals surface area contributed by atoms with Gasteiger partial charge in [-0.25, -0.2) is 0 Å². The van der Waals surface area contributed by atoms with Crippen LogP contribution in [0.1, 0.15) is 120 Å². The Hall–Kier alpha value is -0.160. The molecule has 0 aromatic carbocycles. The molecule has 0 aliphatic carbocycles. The van der Waals surface area contributed by atoms with Gasteiger partial charge in [-0.1, -0.05) is 19.8 Å². The van der Waals surface area contributed by atoms with Gasteiger partial charge in [-0.3, -0.25) is 21.3 Å². The average Bonchev–Trinajstić information content (AvgIpc) is 2.46. The number of rotatable bonds is 6. The minimum atomic E-state index is -0.867. The Bertz CT molecular complexity index is 501. The van der Waals surface area contributed by atoms with Gasteiger partial charge in [-0.05, 0) is 100 Å². The van der Waals surface area contributed by atoms with Crippen LogP contribution in [0.4, 0.5) is 0 Å². The minimum absolute atomic E-state index is 0.000211. The van der Waals surface area contributed by atoms with Crippen LogP contribution in [0.2, 0.25) is 0 Å². The highest BCUT2D eigenvalue weighted by Crippen LogP contribution is 2.47. The molecule has 4 nitrogen and oxygen atoms in total. The molecule has 0 bridgehead atoms. The summed E-state index contributed by atoms with van der Waals surface area (Å²) in [4.78, 5) is 5.22. The summed E-state index contributed by atoms with van der Waals surface area (Å²) >= 11 is 0. The Morgan fingerprint density at radius 2 is 1.14 bits per heavy atom. The lowest BCUT2D eigenvalue weighted by Crippen LogP contribution is -2.84. The first kappa shape index (κ1) is 24.1. The fraction of sp³-hybridized carbons (Fsp3) is 1.00. The molecular weight excluding hydrogens is 344 g/mol. The summed E-state index contributed by atoms with van der Waals surface area (Å²) in [5.74, 6) is -0.867. The van der Waals surface area contributed by atoms with Crippen LogP contribution in [0.25, 0.3) is 0 Å². The largest absolute Gasteiger partial charge is 0.300 e. The van der Waals surface area contributed by atoms with Crippen LogP contribution in [-0.2, 0) is 0 Å². The van der Waals surface area contributed by atoms with Crippen LogP contribution < -0.4 is 11.5 Å². The predicted octanol–water partition coefficient (Wildman–Crippen LogP) is 5.20. The molecule has 4 N–H and O–H groups in total. The zero-order valence-electron chi connectivity index (χ0n) is 20.5. The molecule has 2 aliphatic heterocycles. The van der Waals surface area contributed by atoms with Crippen LogP contribution in [0.15, 0.2) is 0 Å². The van der Waals surface area contributed by atoms with Gasteiger partial charge in [0, 0.05) is 22.2 Å². The van der Waals surface area contributed by atoms with Crippen molar-refractivity contribution in [1.29, 1.82) is 0 Å². The number of hydrogen-bond donors (Lipinski definition) is 2.